The Morgan fingerprint density at radius 2 is 2.27 bits per heavy atom. The van der Waals surface area contributed by atoms with Gasteiger partial charge in [-0.05, 0) is 37.6 Å². The van der Waals surface area contributed by atoms with Gasteiger partial charge in [0.25, 0.3) is 0 Å². The number of nitrogens with zero attached hydrogens (tertiary/aromatic N) is 1. The Bertz CT molecular complexity index is 455. The van der Waals surface area contributed by atoms with Gasteiger partial charge in [0.05, 0.1) is 11.0 Å². The molecule has 0 aliphatic carbocycles. The van der Waals surface area contributed by atoms with E-state index in [4.69, 9.17) is 0 Å². The Balaban J connectivity index is 1.95. The van der Waals surface area contributed by atoms with E-state index in [2.05, 4.69) is 27.4 Å². The summed E-state index contributed by atoms with van der Waals surface area (Å²) in [6, 6.07) is 6.32. The third kappa shape index (κ3) is 1.63. The van der Waals surface area contributed by atoms with Crippen molar-refractivity contribution in [2.24, 2.45) is 0 Å². The van der Waals surface area contributed by atoms with Crippen LogP contribution in [0.3, 0.4) is 0 Å². The Hall–Kier alpha value is -1.35. The van der Waals surface area contributed by atoms with Gasteiger partial charge in [0.15, 0.2) is 0 Å². The molecule has 2 aromatic heterocycles. The number of fused-ring (bicyclic) bond motifs is 1. The van der Waals surface area contributed by atoms with Crippen LogP contribution < -0.4 is 5.32 Å². The molecule has 3 heteroatoms. The zero-order valence-corrected chi connectivity index (χ0v) is 8.66. The first-order valence-electron chi connectivity index (χ1n) is 5.58. The number of rotatable bonds is 1. The first-order valence-corrected chi connectivity index (χ1v) is 5.58. The fourth-order valence-corrected chi connectivity index (χ4v) is 2.28. The molecular weight excluding hydrogens is 186 g/mol. The Morgan fingerprint density at radius 1 is 1.27 bits per heavy atom. The number of aromatic amines is 1. The minimum atomic E-state index is 0.595. The molecule has 3 rings (SSSR count). The number of aromatic nitrogens is 2. The Morgan fingerprint density at radius 3 is 3.13 bits per heavy atom. The SMILES string of the molecule is c1cc2nc(C3CCCNC3)ccc2[nH]1. The van der Waals surface area contributed by atoms with E-state index in [9.17, 15) is 0 Å². The van der Waals surface area contributed by atoms with Gasteiger partial charge in [-0.3, -0.25) is 4.98 Å². The van der Waals surface area contributed by atoms with Gasteiger partial charge in [-0.1, -0.05) is 0 Å². The second-order valence-electron chi connectivity index (χ2n) is 4.19. The second kappa shape index (κ2) is 3.66. The van der Waals surface area contributed by atoms with Crippen LogP contribution in [-0.4, -0.2) is 23.1 Å². The predicted octanol–water partition coefficient (Wildman–Crippen LogP) is 2.03. The van der Waals surface area contributed by atoms with Crippen molar-refractivity contribution in [3.63, 3.8) is 0 Å². The zero-order valence-electron chi connectivity index (χ0n) is 8.66. The van der Waals surface area contributed by atoms with Gasteiger partial charge in [-0.15, -0.1) is 0 Å². The maximum atomic E-state index is 4.69. The first kappa shape index (κ1) is 8.92. The molecule has 3 heterocycles. The number of hydrogen-bond acceptors (Lipinski definition) is 2. The maximum absolute atomic E-state index is 4.69. The molecular formula is C12H15N3. The molecule has 1 aliphatic heterocycles. The van der Waals surface area contributed by atoms with E-state index in [1.807, 2.05) is 12.3 Å². The van der Waals surface area contributed by atoms with Gasteiger partial charge >= 0.3 is 0 Å². The van der Waals surface area contributed by atoms with Gasteiger partial charge in [0, 0.05) is 24.4 Å². The average Bonchev–Trinajstić information content (AvgIpc) is 2.77. The lowest BCUT2D eigenvalue weighted by Crippen LogP contribution is -2.28. The summed E-state index contributed by atoms with van der Waals surface area (Å²) < 4.78 is 0. The highest BCUT2D eigenvalue weighted by Crippen LogP contribution is 2.23. The third-order valence-corrected chi connectivity index (χ3v) is 3.14. The molecule has 1 fully saturated rings. The van der Waals surface area contributed by atoms with Gasteiger partial charge < -0.3 is 10.3 Å². The van der Waals surface area contributed by atoms with Gasteiger partial charge in [-0.2, -0.15) is 0 Å². The molecule has 2 N–H and O–H groups in total. The molecule has 1 saturated heterocycles. The van der Waals surface area contributed by atoms with Crippen molar-refractivity contribution in [2.75, 3.05) is 13.1 Å². The number of pyridine rings is 1. The maximum Gasteiger partial charge on any atom is 0.0882 e. The molecule has 0 aromatic carbocycles. The summed E-state index contributed by atoms with van der Waals surface area (Å²) >= 11 is 0. The zero-order chi connectivity index (χ0) is 10.1. The van der Waals surface area contributed by atoms with Gasteiger partial charge in [0.1, 0.15) is 0 Å². The molecule has 1 unspecified atom stereocenters. The molecule has 3 nitrogen and oxygen atoms in total. The van der Waals surface area contributed by atoms with Crippen LogP contribution in [-0.2, 0) is 0 Å². The van der Waals surface area contributed by atoms with Crippen LogP contribution in [0.2, 0.25) is 0 Å². The second-order valence-corrected chi connectivity index (χ2v) is 4.19. The number of piperidine rings is 1. The van der Waals surface area contributed by atoms with E-state index in [1.54, 1.807) is 0 Å². The van der Waals surface area contributed by atoms with E-state index in [1.165, 1.54) is 18.5 Å². The largest absolute Gasteiger partial charge is 0.360 e. The van der Waals surface area contributed by atoms with Crippen molar-refractivity contribution < 1.29 is 0 Å². The Labute approximate surface area is 88.9 Å². The van der Waals surface area contributed by atoms with Crippen molar-refractivity contribution >= 4 is 11.0 Å². The molecule has 0 spiro atoms. The average molecular weight is 201 g/mol. The van der Waals surface area contributed by atoms with Crippen LogP contribution in [0, 0.1) is 0 Å². The minimum absolute atomic E-state index is 0.595. The quantitative estimate of drug-likeness (QED) is 0.741. The highest BCUT2D eigenvalue weighted by Gasteiger charge is 2.16. The van der Waals surface area contributed by atoms with E-state index < -0.39 is 0 Å². The summed E-state index contributed by atoms with van der Waals surface area (Å²) in [6.45, 7) is 2.23. The summed E-state index contributed by atoms with van der Waals surface area (Å²) in [5.41, 5.74) is 3.44. The highest BCUT2D eigenvalue weighted by atomic mass is 14.9. The molecule has 0 saturated carbocycles. The fraction of sp³-hybridized carbons (Fsp3) is 0.417. The lowest BCUT2D eigenvalue weighted by Gasteiger charge is -2.22. The summed E-state index contributed by atoms with van der Waals surface area (Å²) in [4.78, 5) is 7.86. The molecule has 1 aliphatic rings. The van der Waals surface area contributed by atoms with Gasteiger partial charge in [-0.25, -0.2) is 0 Å². The molecule has 15 heavy (non-hydrogen) atoms. The van der Waals surface area contributed by atoms with Crippen molar-refractivity contribution in [1.29, 1.82) is 0 Å². The minimum Gasteiger partial charge on any atom is -0.360 e. The van der Waals surface area contributed by atoms with Crippen LogP contribution in [0.1, 0.15) is 24.5 Å². The smallest absolute Gasteiger partial charge is 0.0882 e. The summed E-state index contributed by atoms with van der Waals surface area (Å²) in [6.07, 6.45) is 4.47. The lowest BCUT2D eigenvalue weighted by molar-refractivity contribution is 0.455. The van der Waals surface area contributed by atoms with Crippen molar-refractivity contribution in [1.82, 2.24) is 15.3 Å². The summed E-state index contributed by atoms with van der Waals surface area (Å²) in [7, 11) is 0. The van der Waals surface area contributed by atoms with Crippen LogP contribution in [0.4, 0.5) is 0 Å². The highest BCUT2D eigenvalue weighted by molar-refractivity contribution is 5.74. The van der Waals surface area contributed by atoms with E-state index in [0.29, 0.717) is 5.92 Å². The Kier molecular flexibility index (Phi) is 2.18. The number of nitrogens with one attached hydrogen (secondary N) is 2. The van der Waals surface area contributed by atoms with Crippen LogP contribution in [0.15, 0.2) is 24.4 Å². The molecule has 0 radical (unpaired) electrons. The molecule has 0 bridgehead atoms. The van der Waals surface area contributed by atoms with Crippen molar-refractivity contribution in [3.8, 4) is 0 Å². The van der Waals surface area contributed by atoms with Crippen molar-refractivity contribution in [2.45, 2.75) is 18.8 Å². The lowest BCUT2D eigenvalue weighted by atomic mass is 9.95. The summed E-state index contributed by atoms with van der Waals surface area (Å²) in [5, 5.41) is 3.43. The standard InChI is InChI=1S/C12H15N3/c1-2-9(8-13-6-1)10-3-4-11-12(15-10)5-7-14-11/h3-5,7,9,13-14H,1-2,6,8H2. The molecule has 2 aromatic rings. The van der Waals surface area contributed by atoms with Gasteiger partial charge in [0.2, 0.25) is 0 Å². The van der Waals surface area contributed by atoms with Crippen LogP contribution >= 0.6 is 0 Å². The molecule has 0 amide bonds. The fourth-order valence-electron chi connectivity index (χ4n) is 2.28. The van der Waals surface area contributed by atoms with E-state index in [0.717, 1.165) is 24.1 Å². The van der Waals surface area contributed by atoms with Crippen molar-refractivity contribution in [3.05, 3.63) is 30.1 Å². The molecule has 1 atom stereocenters. The number of hydrogen-bond donors (Lipinski definition) is 2. The normalized spacial score (nSPS) is 22.0. The third-order valence-electron chi connectivity index (χ3n) is 3.14. The molecule has 78 valence electrons. The number of H-pyrrole nitrogens is 1. The first-order chi connectivity index (χ1) is 7.43. The monoisotopic (exact) mass is 201 g/mol. The van der Waals surface area contributed by atoms with E-state index >= 15 is 0 Å². The predicted molar refractivity (Wildman–Crippen MR) is 60.9 cm³/mol. The van der Waals surface area contributed by atoms with Crippen LogP contribution in [0.5, 0.6) is 0 Å². The van der Waals surface area contributed by atoms with Crippen LogP contribution in [0.25, 0.3) is 11.0 Å². The summed E-state index contributed by atoms with van der Waals surface area (Å²) in [5.74, 6) is 0.595. The topological polar surface area (TPSA) is 40.7 Å². The van der Waals surface area contributed by atoms with E-state index in [-0.39, 0.29) is 0 Å².